The quantitative estimate of drug-likeness (QED) is 0.751. The third-order valence-corrected chi connectivity index (χ3v) is 2.72. The first kappa shape index (κ1) is 11.0. The van der Waals surface area contributed by atoms with Crippen molar-refractivity contribution in [3.05, 3.63) is 47.0 Å². The molecule has 0 amide bonds. The van der Waals surface area contributed by atoms with Gasteiger partial charge in [-0.15, -0.1) is 0 Å². The lowest BCUT2D eigenvalue weighted by molar-refractivity contribution is -0.115. The van der Waals surface area contributed by atoms with Crippen molar-refractivity contribution in [1.29, 1.82) is 0 Å². The van der Waals surface area contributed by atoms with Crippen molar-refractivity contribution in [3.63, 3.8) is 0 Å². The van der Waals surface area contributed by atoms with Crippen molar-refractivity contribution in [3.8, 4) is 0 Å². The second kappa shape index (κ2) is 4.56. The largest absolute Gasteiger partial charge is 0.295 e. The van der Waals surface area contributed by atoms with E-state index in [1.165, 1.54) is 12.1 Å². The number of hydrogen-bond acceptors (Lipinski definition) is 1. The van der Waals surface area contributed by atoms with Gasteiger partial charge in [0.1, 0.15) is 11.6 Å². The van der Waals surface area contributed by atoms with Gasteiger partial charge in [0.2, 0.25) is 0 Å². The average Bonchev–Trinajstić information content (AvgIpc) is 2.22. The number of hydrogen-bond donors (Lipinski definition) is 0. The summed E-state index contributed by atoms with van der Waals surface area (Å²) in [4.78, 5) is 11.2. The molecule has 0 radical (unpaired) electrons. The van der Waals surface area contributed by atoms with E-state index in [9.17, 15) is 13.6 Å². The number of halogens is 2. The zero-order valence-corrected chi connectivity index (χ0v) is 8.80. The topological polar surface area (TPSA) is 17.1 Å². The van der Waals surface area contributed by atoms with E-state index in [0.717, 1.165) is 24.5 Å². The summed E-state index contributed by atoms with van der Waals surface area (Å²) >= 11 is 0. The Morgan fingerprint density at radius 1 is 1.19 bits per heavy atom. The van der Waals surface area contributed by atoms with Crippen molar-refractivity contribution < 1.29 is 13.6 Å². The van der Waals surface area contributed by atoms with Crippen LogP contribution in [-0.2, 0) is 11.2 Å². The molecular weight excluding hydrogens is 210 g/mol. The number of allylic oxidation sites excluding steroid dienone is 2. The molecule has 0 saturated carbocycles. The predicted octanol–water partition coefficient (Wildman–Crippen LogP) is 3.19. The van der Waals surface area contributed by atoms with Crippen LogP contribution in [0.25, 0.3) is 0 Å². The minimum absolute atomic E-state index is 0.101. The van der Waals surface area contributed by atoms with E-state index in [-0.39, 0.29) is 5.78 Å². The Morgan fingerprint density at radius 2 is 2.00 bits per heavy atom. The van der Waals surface area contributed by atoms with Crippen LogP contribution >= 0.6 is 0 Å². The van der Waals surface area contributed by atoms with Gasteiger partial charge in [0, 0.05) is 12.5 Å². The molecule has 0 heterocycles. The maximum atomic E-state index is 13.4. The minimum atomic E-state index is -0.574. The summed E-state index contributed by atoms with van der Waals surface area (Å²) in [6, 6.07) is 3.55. The lowest BCUT2D eigenvalue weighted by Gasteiger charge is -2.12. The molecule has 0 spiro atoms. The summed E-state index contributed by atoms with van der Waals surface area (Å²) in [5.74, 6) is -1.02. The highest BCUT2D eigenvalue weighted by atomic mass is 19.1. The smallest absolute Gasteiger partial charge is 0.155 e. The van der Waals surface area contributed by atoms with Crippen LogP contribution in [0.3, 0.4) is 0 Å². The Balaban J connectivity index is 2.17. The van der Waals surface area contributed by atoms with Crippen molar-refractivity contribution in [1.82, 2.24) is 0 Å². The first-order valence-electron chi connectivity index (χ1n) is 5.31. The molecule has 0 aliphatic heterocycles. The van der Waals surface area contributed by atoms with Gasteiger partial charge < -0.3 is 0 Å². The standard InChI is InChI=1S/C13H12F2O/c14-11-5-4-10(13(15)8-11)6-9-2-1-3-12(16)7-9/h4-5,7-8H,1-3,6H2. The maximum absolute atomic E-state index is 13.4. The zero-order valence-electron chi connectivity index (χ0n) is 8.80. The fourth-order valence-corrected chi connectivity index (χ4v) is 1.91. The van der Waals surface area contributed by atoms with Crippen molar-refractivity contribution in [2.24, 2.45) is 0 Å². The first-order chi connectivity index (χ1) is 7.65. The molecule has 1 aromatic rings. The second-order valence-electron chi connectivity index (χ2n) is 4.03. The Bertz CT molecular complexity index is 449. The van der Waals surface area contributed by atoms with Gasteiger partial charge in [-0.25, -0.2) is 8.78 Å². The normalized spacial score (nSPS) is 16.1. The van der Waals surface area contributed by atoms with Gasteiger partial charge in [0.05, 0.1) is 0 Å². The Labute approximate surface area is 92.8 Å². The molecule has 1 aliphatic carbocycles. The van der Waals surface area contributed by atoms with Crippen LogP contribution in [0, 0.1) is 11.6 Å². The Hall–Kier alpha value is -1.51. The van der Waals surface area contributed by atoms with E-state index < -0.39 is 11.6 Å². The molecule has 1 aliphatic rings. The molecule has 0 saturated heterocycles. The molecule has 0 N–H and O–H groups in total. The number of carbonyl (C=O) groups excluding carboxylic acids is 1. The third-order valence-electron chi connectivity index (χ3n) is 2.72. The van der Waals surface area contributed by atoms with Crippen molar-refractivity contribution in [2.45, 2.75) is 25.7 Å². The van der Waals surface area contributed by atoms with E-state index >= 15 is 0 Å². The van der Waals surface area contributed by atoms with Crippen LogP contribution in [0.4, 0.5) is 8.78 Å². The molecule has 84 valence electrons. The number of benzene rings is 1. The highest BCUT2D eigenvalue weighted by Crippen LogP contribution is 2.21. The molecular formula is C13H12F2O. The van der Waals surface area contributed by atoms with Crippen LogP contribution in [-0.4, -0.2) is 5.78 Å². The fourth-order valence-electron chi connectivity index (χ4n) is 1.91. The van der Waals surface area contributed by atoms with E-state index in [1.54, 1.807) is 6.08 Å². The van der Waals surface area contributed by atoms with Gasteiger partial charge >= 0.3 is 0 Å². The van der Waals surface area contributed by atoms with Gasteiger partial charge in [-0.1, -0.05) is 11.6 Å². The third kappa shape index (κ3) is 2.54. The van der Waals surface area contributed by atoms with Crippen LogP contribution in [0.15, 0.2) is 29.8 Å². The fraction of sp³-hybridized carbons (Fsp3) is 0.308. The zero-order chi connectivity index (χ0) is 11.5. The lowest BCUT2D eigenvalue weighted by Crippen LogP contribution is -2.05. The highest BCUT2D eigenvalue weighted by molar-refractivity contribution is 5.91. The van der Waals surface area contributed by atoms with Gasteiger partial charge in [-0.3, -0.25) is 4.79 Å². The number of rotatable bonds is 2. The molecule has 0 fully saturated rings. The second-order valence-corrected chi connectivity index (χ2v) is 4.03. The van der Waals surface area contributed by atoms with Gasteiger partial charge in [-0.2, -0.15) is 0 Å². The van der Waals surface area contributed by atoms with Gasteiger partial charge in [0.25, 0.3) is 0 Å². The molecule has 2 rings (SSSR count). The summed E-state index contributed by atoms with van der Waals surface area (Å²) in [5, 5.41) is 0. The number of ketones is 1. The average molecular weight is 222 g/mol. The van der Waals surface area contributed by atoms with Crippen LogP contribution in [0.5, 0.6) is 0 Å². The summed E-state index contributed by atoms with van der Waals surface area (Å²) in [6.07, 6.45) is 4.22. The summed E-state index contributed by atoms with van der Waals surface area (Å²) in [5.41, 5.74) is 1.38. The van der Waals surface area contributed by atoms with Crippen LogP contribution < -0.4 is 0 Å². The molecule has 1 nitrogen and oxygen atoms in total. The van der Waals surface area contributed by atoms with E-state index in [0.29, 0.717) is 18.4 Å². The minimum Gasteiger partial charge on any atom is -0.295 e. The van der Waals surface area contributed by atoms with E-state index in [1.807, 2.05) is 0 Å². The molecule has 0 unspecified atom stereocenters. The summed E-state index contributed by atoms with van der Waals surface area (Å²) in [6.45, 7) is 0. The molecule has 0 bridgehead atoms. The van der Waals surface area contributed by atoms with Gasteiger partial charge in [0.15, 0.2) is 5.78 Å². The predicted molar refractivity (Wildman–Crippen MR) is 57.0 cm³/mol. The van der Waals surface area contributed by atoms with Crippen molar-refractivity contribution in [2.75, 3.05) is 0 Å². The molecule has 0 aromatic heterocycles. The molecule has 16 heavy (non-hydrogen) atoms. The Kier molecular flexibility index (Phi) is 3.13. The molecule has 3 heteroatoms. The van der Waals surface area contributed by atoms with Crippen LogP contribution in [0.2, 0.25) is 0 Å². The maximum Gasteiger partial charge on any atom is 0.155 e. The molecule has 0 atom stereocenters. The van der Waals surface area contributed by atoms with E-state index in [4.69, 9.17) is 0 Å². The Morgan fingerprint density at radius 3 is 2.69 bits per heavy atom. The first-order valence-corrected chi connectivity index (χ1v) is 5.31. The van der Waals surface area contributed by atoms with E-state index in [2.05, 4.69) is 0 Å². The lowest BCUT2D eigenvalue weighted by atomic mass is 9.93. The van der Waals surface area contributed by atoms with Crippen LogP contribution in [0.1, 0.15) is 24.8 Å². The monoisotopic (exact) mass is 222 g/mol. The summed E-state index contributed by atoms with van der Waals surface area (Å²) in [7, 11) is 0. The highest BCUT2D eigenvalue weighted by Gasteiger charge is 2.12. The summed E-state index contributed by atoms with van der Waals surface area (Å²) < 4.78 is 26.0. The van der Waals surface area contributed by atoms with Gasteiger partial charge in [-0.05, 0) is 37.0 Å². The van der Waals surface area contributed by atoms with Crippen molar-refractivity contribution >= 4 is 5.78 Å². The molecule has 1 aromatic carbocycles. The number of carbonyl (C=O) groups is 1. The SMILES string of the molecule is O=C1C=C(Cc2ccc(F)cc2F)CCC1.